The second kappa shape index (κ2) is 6.54. The average Bonchev–Trinajstić information content (AvgIpc) is 2.48. The van der Waals surface area contributed by atoms with Crippen molar-refractivity contribution in [3.8, 4) is 0 Å². The molecule has 2 unspecified atom stereocenters. The predicted octanol–water partition coefficient (Wildman–Crippen LogP) is 2.37. The number of anilines is 1. The van der Waals surface area contributed by atoms with Crippen molar-refractivity contribution in [2.24, 2.45) is 5.92 Å². The van der Waals surface area contributed by atoms with Crippen LogP contribution in [0.5, 0.6) is 0 Å². The Morgan fingerprint density at radius 2 is 2.15 bits per heavy atom. The summed E-state index contributed by atoms with van der Waals surface area (Å²) in [4.78, 5) is 4.40. The third-order valence-corrected chi connectivity index (χ3v) is 5.43. The van der Waals surface area contributed by atoms with Crippen molar-refractivity contribution in [1.29, 1.82) is 0 Å². The molecule has 0 bridgehead atoms. The minimum Gasteiger partial charge on any atom is -0.367 e. The summed E-state index contributed by atoms with van der Waals surface area (Å²) < 4.78 is 25.5. The van der Waals surface area contributed by atoms with Crippen LogP contribution >= 0.6 is 0 Å². The van der Waals surface area contributed by atoms with Crippen LogP contribution in [0.15, 0.2) is 23.2 Å². The van der Waals surface area contributed by atoms with Crippen LogP contribution in [0.3, 0.4) is 0 Å². The fourth-order valence-corrected chi connectivity index (χ4v) is 3.42. The molecule has 20 heavy (non-hydrogen) atoms. The van der Waals surface area contributed by atoms with Gasteiger partial charge in [-0.2, -0.15) is 0 Å². The van der Waals surface area contributed by atoms with Gasteiger partial charge in [-0.3, -0.25) is 0 Å². The van der Waals surface area contributed by atoms with Gasteiger partial charge in [-0.15, -0.1) is 0 Å². The maximum atomic E-state index is 11.6. The van der Waals surface area contributed by atoms with Gasteiger partial charge in [-0.1, -0.05) is 26.2 Å². The Balaban J connectivity index is 2.00. The van der Waals surface area contributed by atoms with E-state index in [2.05, 4.69) is 21.9 Å². The molecule has 0 saturated heterocycles. The first kappa shape index (κ1) is 15.3. The highest BCUT2D eigenvalue weighted by Gasteiger charge is 2.21. The number of nitrogens with zero attached hydrogens (tertiary/aromatic N) is 1. The van der Waals surface area contributed by atoms with E-state index in [0.717, 1.165) is 18.2 Å². The molecular weight excluding hydrogens is 274 g/mol. The van der Waals surface area contributed by atoms with E-state index >= 15 is 0 Å². The molecule has 1 fully saturated rings. The Morgan fingerprint density at radius 3 is 2.75 bits per heavy atom. The third kappa shape index (κ3) is 3.70. The van der Waals surface area contributed by atoms with Gasteiger partial charge in [0.2, 0.25) is 10.0 Å². The molecule has 2 rings (SSSR count). The fourth-order valence-electron chi connectivity index (χ4n) is 2.74. The van der Waals surface area contributed by atoms with E-state index in [9.17, 15) is 8.42 Å². The Morgan fingerprint density at radius 1 is 1.35 bits per heavy atom. The molecule has 1 saturated carbocycles. The minimum absolute atomic E-state index is 0.195. The van der Waals surface area contributed by atoms with Gasteiger partial charge in [-0.25, -0.2) is 18.1 Å². The third-order valence-electron chi connectivity index (χ3n) is 4.03. The van der Waals surface area contributed by atoms with Gasteiger partial charge in [0.25, 0.3) is 0 Å². The highest BCUT2D eigenvalue weighted by atomic mass is 32.2. The standard InChI is InChI=1S/C14H23N3O2S/c1-3-11-5-4-6-12(9-11)17-14-8-7-13(10-16-14)20(18,19)15-2/h7-8,10-12,15H,3-6,9H2,1-2H3,(H,16,17). The van der Waals surface area contributed by atoms with Crippen LogP contribution in [0.2, 0.25) is 0 Å². The van der Waals surface area contributed by atoms with Crippen LogP contribution in [-0.4, -0.2) is 26.5 Å². The lowest BCUT2D eigenvalue weighted by Crippen LogP contribution is -2.27. The van der Waals surface area contributed by atoms with Gasteiger partial charge in [0.05, 0.1) is 0 Å². The molecule has 1 aliphatic carbocycles. The number of hydrogen-bond acceptors (Lipinski definition) is 4. The maximum absolute atomic E-state index is 11.6. The molecule has 0 spiro atoms. The summed E-state index contributed by atoms with van der Waals surface area (Å²) in [5.41, 5.74) is 0. The topological polar surface area (TPSA) is 71.1 Å². The van der Waals surface area contributed by atoms with Crippen LogP contribution in [0, 0.1) is 5.92 Å². The van der Waals surface area contributed by atoms with Crippen molar-refractivity contribution < 1.29 is 8.42 Å². The van der Waals surface area contributed by atoms with Gasteiger partial charge in [0.1, 0.15) is 10.7 Å². The zero-order chi connectivity index (χ0) is 14.6. The Bertz CT molecular complexity index is 528. The first-order valence-corrected chi connectivity index (χ1v) is 8.69. The summed E-state index contributed by atoms with van der Waals surface area (Å²) in [5, 5.41) is 3.42. The summed E-state index contributed by atoms with van der Waals surface area (Å²) in [7, 11) is -2.00. The molecule has 2 N–H and O–H groups in total. The van der Waals surface area contributed by atoms with E-state index in [1.807, 2.05) is 0 Å². The molecule has 0 aliphatic heterocycles. The van der Waals surface area contributed by atoms with Gasteiger partial charge >= 0.3 is 0 Å². The smallest absolute Gasteiger partial charge is 0.241 e. The Kier molecular flexibility index (Phi) is 4.99. The predicted molar refractivity (Wildman–Crippen MR) is 80.1 cm³/mol. The summed E-state index contributed by atoms with van der Waals surface area (Å²) in [6.07, 6.45) is 7.53. The highest BCUT2D eigenvalue weighted by Crippen LogP contribution is 2.28. The molecule has 1 aromatic heterocycles. The van der Waals surface area contributed by atoms with Gasteiger partial charge < -0.3 is 5.32 Å². The number of sulfonamides is 1. The zero-order valence-electron chi connectivity index (χ0n) is 12.1. The van der Waals surface area contributed by atoms with Crippen molar-refractivity contribution in [3.05, 3.63) is 18.3 Å². The summed E-state index contributed by atoms with van der Waals surface area (Å²) >= 11 is 0. The van der Waals surface area contributed by atoms with Crippen LogP contribution < -0.4 is 10.0 Å². The monoisotopic (exact) mass is 297 g/mol. The van der Waals surface area contributed by atoms with E-state index in [1.165, 1.54) is 38.9 Å². The molecule has 1 heterocycles. The van der Waals surface area contributed by atoms with Crippen LogP contribution in [0.1, 0.15) is 39.0 Å². The molecule has 0 aromatic carbocycles. The van der Waals surface area contributed by atoms with Gasteiger partial charge in [-0.05, 0) is 37.9 Å². The Labute approximate surface area is 121 Å². The lowest BCUT2D eigenvalue weighted by Gasteiger charge is -2.29. The second-order valence-electron chi connectivity index (χ2n) is 5.37. The van der Waals surface area contributed by atoms with Gasteiger partial charge in [0, 0.05) is 12.2 Å². The molecule has 2 atom stereocenters. The molecule has 5 nitrogen and oxygen atoms in total. The molecule has 6 heteroatoms. The molecule has 1 aliphatic rings. The first-order valence-electron chi connectivity index (χ1n) is 7.21. The SMILES string of the molecule is CCC1CCCC(Nc2ccc(S(=O)(=O)NC)cn2)C1. The number of pyridine rings is 1. The quantitative estimate of drug-likeness (QED) is 0.875. The largest absolute Gasteiger partial charge is 0.367 e. The molecular formula is C14H23N3O2S. The minimum atomic E-state index is -3.40. The molecule has 1 aromatic rings. The molecule has 0 radical (unpaired) electrons. The highest BCUT2D eigenvalue weighted by molar-refractivity contribution is 7.89. The van der Waals surface area contributed by atoms with Crippen LogP contribution in [-0.2, 0) is 10.0 Å². The number of aromatic nitrogens is 1. The fraction of sp³-hybridized carbons (Fsp3) is 0.643. The van der Waals surface area contributed by atoms with E-state index in [4.69, 9.17) is 0 Å². The number of nitrogens with one attached hydrogen (secondary N) is 2. The lowest BCUT2D eigenvalue weighted by molar-refractivity contribution is 0.327. The van der Waals surface area contributed by atoms with Crippen molar-refractivity contribution in [2.75, 3.05) is 12.4 Å². The zero-order valence-corrected chi connectivity index (χ0v) is 12.9. The number of rotatable bonds is 5. The van der Waals surface area contributed by atoms with E-state index in [1.54, 1.807) is 12.1 Å². The van der Waals surface area contributed by atoms with E-state index < -0.39 is 10.0 Å². The summed E-state index contributed by atoms with van der Waals surface area (Å²) in [6.45, 7) is 2.24. The van der Waals surface area contributed by atoms with Crippen molar-refractivity contribution >= 4 is 15.8 Å². The second-order valence-corrected chi connectivity index (χ2v) is 7.26. The lowest BCUT2D eigenvalue weighted by atomic mass is 9.84. The van der Waals surface area contributed by atoms with Crippen LogP contribution in [0.25, 0.3) is 0 Å². The van der Waals surface area contributed by atoms with E-state index in [0.29, 0.717) is 6.04 Å². The summed E-state index contributed by atoms with van der Waals surface area (Å²) in [5.74, 6) is 1.55. The molecule has 112 valence electrons. The van der Waals surface area contributed by atoms with Crippen molar-refractivity contribution in [2.45, 2.75) is 50.0 Å². The van der Waals surface area contributed by atoms with Crippen molar-refractivity contribution in [1.82, 2.24) is 9.71 Å². The van der Waals surface area contributed by atoms with E-state index in [-0.39, 0.29) is 4.90 Å². The normalized spacial score (nSPS) is 23.5. The van der Waals surface area contributed by atoms with Crippen LogP contribution in [0.4, 0.5) is 5.82 Å². The number of hydrogen-bond donors (Lipinski definition) is 2. The Hall–Kier alpha value is -1.14. The first-order chi connectivity index (χ1) is 9.55. The van der Waals surface area contributed by atoms with Gasteiger partial charge in [0.15, 0.2) is 0 Å². The summed E-state index contributed by atoms with van der Waals surface area (Å²) in [6, 6.07) is 3.77. The van der Waals surface area contributed by atoms with Crippen molar-refractivity contribution in [3.63, 3.8) is 0 Å². The molecule has 0 amide bonds. The maximum Gasteiger partial charge on any atom is 0.241 e. The average molecular weight is 297 g/mol.